The molecule has 11 heteroatoms. The molecule has 31 heavy (non-hydrogen) atoms. The number of nitrogen functional groups attached to an aromatic ring is 1. The second-order valence-electron chi connectivity index (χ2n) is 7.45. The molecule has 0 aliphatic carbocycles. The van der Waals surface area contributed by atoms with Gasteiger partial charge in [0.1, 0.15) is 35.5 Å². The zero-order valence-corrected chi connectivity index (χ0v) is 17.9. The molecule has 0 bridgehead atoms. The van der Waals surface area contributed by atoms with Crippen molar-refractivity contribution in [3.63, 3.8) is 0 Å². The number of hydrogen-bond donors (Lipinski definition) is 4. The zero-order valence-electron chi connectivity index (χ0n) is 17.1. The molecule has 1 fully saturated rings. The van der Waals surface area contributed by atoms with Gasteiger partial charge < -0.3 is 26.0 Å². The van der Waals surface area contributed by atoms with Crippen LogP contribution in [0.5, 0.6) is 5.75 Å². The van der Waals surface area contributed by atoms with Crippen molar-refractivity contribution in [3.8, 4) is 5.75 Å². The number of nitrogens with one attached hydrogen (secondary N) is 1. The molecular formula is C20H24ClFN6O3. The zero-order chi connectivity index (χ0) is 22.3. The van der Waals surface area contributed by atoms with E-state index in [1.54, 1.807) is 4.68 Å². The van der Waals surface area contributed by atoms with E-state index in [2.05, 4.69) is 20.4 Å². The maximum atomic E-state index is 15.0. The minimum Gasteiger partial charge on any atom is -0.493 e. The molecule has 0 saturated carbocycles. The Morgan fingerprint density at radius 1 is 1.42 bits per heavy atom. The largest absolute Gasteiger partial charge is 0.493 e. The number of benzene rings is 1. The van der Waals surface area contributed by atoms with Gasteiger partial charge in [-0.15, -0.1) is 0 Å². The van der Waals surface area contributed by atoms with Crippen LogP contribution in [-0.2, 0) is 0 Å². The molecule has 9 nitrogen and oxygen atoms in total. The van der Waals surface area contributed by atoms with Crippen LogP contribution in [0, 0.1) is 5.82 Å². The molecule has 0 radical (unpaired) electrons. The number of nitrogens with two attached hydrogens (primary N) is 1. The molecule has 1 aliphatic heterocycles. The molecule has 166 valence electrons. The van der Waals surface area contributed by atoms with E-state index in [-0.39, 0.29) is 22.5 Å². The normalized spacial score (nSPS) is 16.3. The molecular weight excluding hydrogens is 427 g/mol. The van der Waals surface area contributed by atoms with Crippen LogP contribution in [0.2, 0.25) is 5.02 Å². The van der Waals surface area contributed by atoms with E-state index < -0.39 is 24.6 Å². The first-order valence-corrected chi connectivity index (χ1v) is 10.4. The third kappa shape index (κ3) is 3.59. The third-order valence-corrected chi connectivity index (χ3v) is 5.84. The fraction of sp³-hybridized carbons (Fsp3) is 0.450. The Morgan fingerprint density at radius 3 is 2.77 bits per heavy atom. The molecule has 3 heterocycles. The maximum Gasteiger partial charge on any atom is 0.164 e. The van der Waals surface area contributed by atoms with Crippen molar-refractivity contribution in [2.45, 2.75) is 31.9 Å². The quantitative estimate of drug-likeness (QED) is 0.429. The Labute approximate surface area is 183 Å². The molecule has 2 atom stereocenters. The van der Waals surface area contributed by atoms with Gasteiger partial charge in [-0.25, -0.2) is 19.0 Å². The summed E-state index contributed by atoms with van der Waals surface area (Å²) in [5.74, 6) is 0.0267. The van der Waals surface area contributed by atoms with Gasteiger partial charge in [0, 0.05) is 30.1 Å². The van der Waals surface area contributed by atoms with Crippen LogP contribution in [0.1, 0.15) is 48.7 Å². The van der Waals surface area contributed by atoms with Gasteiger partial charge in [0.15, 0.2) is 5.65 Å². The second-order valence-corrected chi connectivity index (χ2v) is 7.86. The van der Waals surface area contributed by atoms with E-state index in [0.29, 0.717) is 47.6 Å². The summed E-state index contributed by atoms with van der Waals surface area (Å²) < 4.78 is 22.5. The van der Waals surface area contributed by atoms with Crippen LogP contribution in [0.4, 0.5) is 10.2 Å². The van der Waals surface area contributed by atoms with E-state index >= 15 is 4.39 Å². The van der Waals surface area contributed by atoms with Crippen molar-refractivity contribution < 1.29 is 19.3 Å². The highest BCUT2D eigenvalue weighted by Gasteiger charge is 2.32. The number of rotatable bonds is 7. The number of hydrogen-bond acceptors (Lipinski definition) is 8. The van der Waals surface area contributed by atoms with Crippen molar-refractivity contribution >= 4 is 28.5 Å². The van der Waals surface area contributed by atoms with Gasteiger partial charge in [-0.1, -0.05) is 11.6 Å². The Balaban J connectivity index is 1.93. The van der Waals surface area contributed by atoms with Crippen molar-refractivity contribution in [2.75, 3.05) is 32.0 Å². The monoisotopic (exact) mass is 450 g/mol. The van der Waals surface area contributed by atoms with E-state index in [1.165, 1.54) is 12.4 Å². The molecule has 2 unspecified atom stereocenters. The summed E-state index contributed by atoms with van der Waals surface area (Å²) in [5.41, 5.74) is 7.62. The fourth-order valence-electron chi connectivity index (χ4n) is 3.87. The lowest BCUT2D eigenvalue weighted by Crippen LogP contribution is -2.40. The SMILES string of the molecule is CCOc1c(C(C)n2nc(C(O)CO)c3c(N)ncnc32)cc(Cl)c(F)c1C1CNC1. The molecule has 5 N–H and O–H groups in total. The van der Waals surface area contributed by atoms with Gasteiger partial charge in [-0.05, 0) is 19.9 Å². The summed E-state index contributed by atoms with van der Waals surface area (Å²) in [4.78, 5) is 8.26. The summed E-state index contributed by atoms with van der Waals surface area (Å²) in [6.07, 6.45) is 0.0357. The summed E-state index contributed by atoms with van der Waals surface area (Å²) in [5, 5.41) is 27.7. The lowest BCUT2D eigenvalue weighted by Gasteiger charge is -2.31. The first-order valence-electron chi connectivity index (χ1n) is 10.0. The second kappa shape index (κ2) is 8.54. The summed E-state index contributed by atoms with van der Waals surface area (Å²) in [7, 11) is 0. The summed E-state index contributed by atoms with van der Waals surface area (Å²) in [6, 6.07) is 1.03. The maximum absolute atomic E-state index is 15.0. The van der Waals surface area contributed by atoms with Crippen LogP contribution in [-0.4, -0.2) is 56.3 Å². The van der Waals surface area contributed by atoms with Crippen molar-refractivity contribution in [1.82, 2.24) is 25.1 Å². The van der Waals surface area contributed by atoms with Crippen LogP contribution in [0.15, 0.2) is 12.4 Å². The van der Waals surface area contributed by atoms with Crippen molar-refractivity contribution in [1.29, 1.82) is 0 Å². The predicted octanol–water partition coefficient (Wildman–Crippen LogP) is 1.92. The molecule has 1 aromatic carbocycles. The van der Waals surface area contributed by atoms with Crippen LogP contribution in [0.25, 0.3) is 11.0 Å². The molecule has 0 amide bonds. The van der Waals surface area contributed by atoms with Gasteiger partial charge in [0.2, 0.25) is 0 Å². The van der Waals surface area contributed by atoms with Crippen molar-refractivity contribution in [2.24, 2.45) is 0 Å². The molecule has 3 aromatic rings. The molecule has 4 rings (SSSR count). The number of anilines is 1. The Kier molecular flexibility index (Phi) is 5.98. The van der Waals surface area contributed by atoms with E-state index in [0.717, 1.165) is 0 Å². The number of ether oxygens (including phenoxy) is 1. The minimum absolute atomic E-state index is 0.00609. The average molecular weight is 451 g/mol. The number of nitrogens with zero attached hydrogens (tertiary/aromatic N) is 4. The minimum atomic E-state index is -1.26. The topological polar surface area (TPSA) is 131 Å². The fourth-order valence-corrected chi connectivity index (χ4v) is 4.09. The molecule has 1 aliphatic rings. The summed E-state index contributed by atoms with van der Waals surface area (Å²) in [6.45, 7) is 4.74. The first kappa shape index (κ1) is 21.7. The lowest BCUT2D eigenvalue weighted by atomic mass is 9.89. The lowest BCUT2D eigenvalue weighted by molar-refractivity contribution is 0.0926. The number of aliphatic hydroxyl groups excluding tert-OH is 2. The Hall–Kier alpha value is -2.53. The smallest absolute Gasteiger partial charge is 0.164 e. The number of halogens is 2. The van der Waals surface area contributed by atoms with Crippen LogP contribution < -0.4 is 15.8 Å². The number of fused-ring (bicyclic) bond motifs is 1. The highest BCUT2D eigenvalue weighted by Crippen LogP contribution is 2.42. The average Bonchev–Trinajstić information content (AvgIpc) is 3.11. The standard InChI is InChI=1S/C20H24ClFN6O3/c1-3-31-18-11(4-12(21)16(22)14(18)10-5-24-6-10)9(2)28-20-15(19(23)25-8-26-20)17(27-28)13(30)7-29/h4,8-10,13,24,29-30H,3,5-7H2,1-2H3,(H2,23,25,26). The summed E-state index contributed by atoms with van der Waals surface area (Å²) >= 11 is 6.27. The first-order chi connectivity index (χ1) is 14.9. The molecule has 0 spiro atoms. The van der Waals surface area contributed by atoms with Crippen molar-refractivity contribution in [3.05, 3.63) is 40.1 Å². The Bertz CT molecular complexity index is 1120. The predicted molar refractivity (Wildman–Crippen MR) is 114 cm³/mol. The highest BCUT2D eigenvalue weighted by molar-refractivity contribution is 6.31. The molecule has 2 aromatic heterocycles. The Morgan fingerprint density at radius 2 is 2.16 bits per heavy atom. The number of aliphatic hydroxyl groups is 2. The van der Waals surface area contributed by atoms with E-state index in [1.807, 2.05) is 13.8 Å². The number of aromatic nitrogens is 4. The van der Waals surface area contributed by atoms with E-state index in [9.17, 15) is 10.2 Å². The van der Waals surface area contributed by atoms with Gasteiger partial charge in [-0.2, -0.15) is 5.10 Å². The third-order valence-electron chi connectivity index (χ3n) is 5.56. The van der Waals surface area contributed by atoms with Gasteiger partial charge in [-0.3, -0.25) is 0 Å². The van der Waals surface area contributed by atoms with E-state index in [4.69, 9.17) is 22.1 Å². The van der Waals surface area contributed by atoms with Gasteiger partial charge in [0.25, 0.3) is 0 Å². The molecule has 1 saturated heterocycles. The highest BCUT2D eigenvalue weighted by atomic mass is 35.5. The van der Waals surface area contributed by atoms with Crippen LogP contribution >= 0.6 is 11.6 Å². The van der Waals surface area contributed by atoms with Crippen LogP contribution in [0.3, 0.4) is 0 Å². The van der Waals surface area contributed by atoms with Gasteiger partial charge >= 0.3 is 0 Å². The van der Waals surface area contributed by atoms with Gasteiger partial charge in [0.05, 0.1) is 29.7 Å².